The number of benzene rings is 1. The number of hydrogen-bond acceptors (Lipinski definition) is 3. The standard InChI is InChI=1S/C15H18ClN3/c1-11(17)12-7-8-18-15(9-12)19(2)10-13-5-3-4-6-14(13)16/h3-9,11H,10,17H2,1-2H3/t11-/m1/s1. The summed E-state index contributed by atoms with van der Waals surface area (Å²) in [4.78, 5) is 6.44. The highest BCUT2D eigenvalue weighted by Gasteiger charge is 2.08. The summed E-state index contributed by atoms with van der Waals surface area (Å²) >= 11 is 6.17. The van der Waals surface area contributed by atoms with Gasteiger partial charge in [0.1, 0.15) is 5.82 Å². The van der Waals surface area contributed by atoms with Crippen molar-refractivity contribution in [3.63, 3.8) is 0 Å². The van der Waals surface area contributed by atoms with Crippen LogP contribution in [0.1, 0.15) is 24.1 Å². The molecule has 0 spiro atoms. The molecule has 0 fully saturated rings. The third kappa shape index (κ3) is 3.46. The quantitative estimate of drug-likeness (QED) is 0.930. The Labute approximate surface area is 119 Å². The lowest BCUT2D eigenvalue weighted by Gasteiger charge is -2.20. The number of rotatable bonds is 4. The molecule has 0 amide bonds. The first-order chi connectivity index (χ1) is 9.08. The Bertz CT molecular complexity index is 555. The molecule has 3 nitrogen and oxygen atoms in total. The van der Waals surface area contributed by atoms with Crippen molar-refractivity contribution < 1.29 is 0 Å². The van der Waals surface area contributed by atoms with Crippen molar-refractivity contribution in [1.82, 2.24) is 4.98 Å². The molecule has 0 saturated heterocycles. The van der Waals surface area contributed by atoms with Crippen molar-refractivity contribution >= 4 is 17.4 Å². The van der Waals surface area contributed by atoms with Crippen molar-refractivity contribution in [2.45, 2.75) is 19.5 Å². The zero-order valence-corrected chi connectivity index (χ0v) is 11.9. The van der Waals surface area contributed by atoms with E-state index in [0.717, 1.165) is 28.5 Å². The molecule has 1 heterocycles. The zero-order chi connectivity index (χ0) is 13.8. The highest BCUT2D eigenvalue weighted by Crippen LogP contribution is 2.21. The Hall–Kier alpha value is -1.58. The van der Waals surface area contributed by atoms with Crippen molar-refractivity contribution in [3.8, 4) is 0 Å². The van der Waals surface area contributed by atoms with E-state index in [4.69, 9.17) is 17.3 Å². The molecule has 1 aromatic heterocycles. The fourth-order valence-electron chi connectivity index (χ4n) is 1.89. The second kappa shape index (κ2) is 6.04. The van der Waals surface area contributed by atoms with Gasteiger partial charge < -0.3 is 10.6 Å². The van der Waals surface area contributed by atoms with Gasteiger partial charge in [-0.3, -0.25) is 0 Å². The average molecular weight is 276 g/mol. The third-order valence-corrected chi connectivity index (χ3v) is 3.42. The molecule has 0 bridgehead atoms. The molecule has 0 aliphatic rings. The molecule has 2 aromatic rings. The summed E-state index contributed by atoms with van der Waals surface area (Å²) in [6, 6.07) is 11.8. The Morgan fingerprint density at radius 2 is 2.05 bits per heavy atom. The second-order valence-electron chi connectivity index (χ2n) is 4.68. The van der Waals surface area contributed by atoms with E-state index in [1.807, 2.05) is 50.4 Å². The summed E-state index contributed by atoms with van der Waals surface area (Å²) in [7, 11) is 2.00. The maximum Gasteiger partial charge on any atom is 0.128 e. The number of aromatic nitrogens is 1. The fourth-order valence-corrected chi connectivity index (χ4v) is 2.08. The van der Waals surface area contributed by atoms with Crippen molar-refractivity contribution in [2.75, 3.05) is 11.9 Å². The normalized spacial score (nSPS) is 12.2. The minimum absolute atomic E-state index is 0.00969. The summed E-state index contributed by atoms with van der Waals surface area (Å²) in [5, 5.41) is 0.776. The molecule has 0 radical (unpaired) electrons. The van der Waals surface area contributed by atoms with Gasteiger partial charge in [0.25, 0.3) is 0 Å². The van der Waals surface area contributed by atoms with Crippen LogP contribution in [0.15, 0.2) is 42.6 Å². The Morgan fingerprint density at radius 3 is 2.74 bits per heavy atom. The van der Waals surface area contributed by atoms with Gasteiger partial charge in [-0.15, -0.1) is 0 Å². The molecule has 2 N–H and O–H groups in total. The van der Waals surface area contributed by atoms with E-state index in [9.17, 15) is 0 Å². The smallest absolute Gasteiger partial charge is 0.128 e. The first-order valence-corrected chi connectivity index (χ1v) is 6.62. The summed E-state index contributed by atoms with van der Waals surface area (Å²) < 4.78 is 0. The van der Waals surface area contributed by atoms with Crippen LogP contribution in [-0.2, 0) is 6.54 Å². The minimum Gasteiger partial charge on any atom is -0.355 e. The van der Waals surface area contributed by atoms with Gasteiger partial charge in [-0.1, -0.05) is 29.8 Å². The molecule has 1 aromatic carbocycles. The highest BCUT2D eigenvalue weighted by atomic mass is 35.5. The monoisotopic (exact) mass is 275 g/mol. The lowest BCUT2D eigenvalue weighted by Crippen LogP contribution is -2.18. The Balaban J connectivity index is 2.18. The highest BCUT2D eigenvalue weighted by molar-refractivity contribution is 6.31. The topological polar surface area (TPSA) is 42.1 Å². The lowest BCUT2D eigenvalue weighted by atomic mass is 10.1. The van der Waals surface area contributed by atoms with Crippen LogP contribution < -0.4 is 10.6 Å². The van der Waals surface area contributed by atoms with Gasteiger partial charge in [-0.05, 0) is 36.2 Å². The maximum atomic E-state index is 6.17. The van der Waals surface area contributed by atoms with Crippen LogP contribution in [0.3, 0.4) is 0 Å². The number of anilines is 1. The third-order valence-electron chi connectivity index (χ3n) is 3.05. The van der Waals surface area contributed by atoms with Crippen LogP contribution in [0.2, 0.25) is 5.02 Å². The molecule has 0 unspecified atom stereocenters. The van der Waals surface area contributed by atoms with E-state index < -0.39 is 0 Å². The van der Waals surface area contributed by atoms with Gasteiger partial charge in [0, 0.05) is 30.9 Å². The van der Waals surface area contributed by atoms with Gasteiger partial charge in [-0.2, -0.15) is 0 Å². The predicted molar refractivity (Wildman–Crippen MR) is 80.4 cm³/mol. The van der Waals surface area contributed by atoms with Gasteiger partial charge in [0.2, 0.25) is 0 Å². The van der Waals surface area contributed by atoms with Gasteiger partial charge in [0.15, 0.2) is 0 Å². The van der Waals surface area contributed by atoms with Crippen molar-refractivity contribution in [2.24, 2.45) is 5.73 Å². The molecule has 0 aliphatic carbocycles. The van der Waals surface area contributed by atoms with Crippen LogP contribution in [-0.4, -0.2) is 12.0 Å². The summed E-state index contributed by atoms with van der Waals surface area (Å²) in [5.74, 6) is 0.898. The number of halogens is 1. The number of nitrogens with two attached hydrogens (primary N) is 1. The van der Waals surface area contributed by atoms with Crippen LogP contribution in [0.25, 0.3) is 0 Å². The van der Waals surface area contributed by atoms with Crippen molar-refractivity contribution in [1.29, 1.82) is 0 Å². The van der Waals surface area contributed by atoms with E-state index in [2.05, 4.69) is 9.88 Å². The molecule has 1 atom stereocenters. The number of hydrogen-bond donors (Lipinski definition) is 1. The molecule has 19 heavy (non-hydrogen) atoms. The maximum absolute atomic E-state index is 6.17. The minimum atomic E-state index is 0.00969. The fraction of sp³-hybridized carbons (Fsp3) is 0.267. The summed E-state index contributed by atoms with van der Waals surface area (Å²) in [6.45, 7) is 2.68. The first kappa shape index (κ1) is 13.8. The Morgan fingerprint density at radius 1 is 1.32 bits per heavy atom. The van der Waals surface area contributed by atoms with Crippen LogP contribution in [0, 0.1) is 0 Å². The molecule has 2 rings (SSSR count). The molecule has 4 heteroatoms. The molecular weight excluding hydrogens is 258 g/mol. The predicted octanol–water partition coefficient (Wildman–Crippen LogP) is 3.39. The molecule has 100 valence electrons. The largest absolute Gasteiger partial charge is 0.355 e. The number of pyridine rings is 1. The summed E-state index contributed by atoms with van der Waals surface area (Å²) in [6.07, 6.45) is 1.79. The van der Waals surface area contributed by atoms with E-state index >= 15 is 0 Å². The van der Waals surface area contributed by atoms with Crippen LogP contribution in [0.5, 0.6) is 0 Å². The van der Waals surface area contributed by atoms with E-state index in [1.165, 1.54) is 0 Å². The Kier molecular flexibility index (Phi) is 4.40. The van der Waals surface area contributed by atoms with Gasteiger partial charge in [-0.25, -0.2) is 4.98 Å². The van der Waals surface area contributed by atoms with Crippen LogP contribution >= 0.6 is 11.6 Å². The average Bonchev–Trinajstić information content (AvgIpc) is 2.41. The molecular formula is C15H18ClN3. The zero-order valence-electron chi connectivity index (χ0n) is 11.2. The molecule has 0 aliphatic heterocycles. The van der Waals surface area contributed by atoms with Gasteiger partial charge in [0.05, 0.1) is 0 Å². The van der Waals surface area contributed by atoms with Crippen molar-refractivity contribution in [3.05, 3.63) is 58.7 Å². The van der Waals surface area contributed by atoms with E-state index in [0.29, 0.717) is 0 Å². The first-order valence-electron chi connectivity index (χ1n) is 6.24. The lowest BCUT2D eigenvalue weighted by molar-refractivity contribution is 0.809. The van der Waals surface area contributed by atoms with E-state index in [-0.39, 0.29) is 6.04 Å². The van der Waals surface area contributed by atoms with E-state index in [1.54, 1.807) is 6.20 Å². The SMILES string of the molecule is C[C@@H](N)c1ccnc(N(C)Cc2ccccc2Cl)c1. The van der Waals surface area contributed by atoms with Gasteiger partial charge >= 0.3 is 0 Å². The number of nitrogens with zero attached hydrogens (tertiary/aromatic N) is 2. The summed E-state index contributed by atoms with van der Waals surface area (Å²) in [5.41, 5.74) is 8.05. The second-order valence-corrected chi connectivity index (χ2v) is 5.09. The van der Waals surface area contributed by atoms with Crippen LogP contribution in [0.4, 0.5) is 5.82 Å². The molecule has 0 saturated carbocycles.